The number of nitrogens with zero attached hydrogens (tertiary/aromatic N) is 3. The molecule has 3 rings (SSSR count). The summed E-state index contributed by atoms with van der Waals surface area (Å²) in [5, 5.41) is 18.8. The number of aromatic hydroxyl groups is 1. The molecular formula is C19H23N3O4S. The van der Waals surface area contributed by atoms with Crippen LogP contribution in [0.5, 0.6) is 5.75 Å². The third-order valence-electron chi connectivity index (χ3n) is 5.29. The molecule has 0 aliphatic carbocycles. The fraction of sp³-hybridized carbons (Fsp3) is 0.526. The highest BCUT2D eigenvalue weighted by Crippen LogP contribution is 2.33. The number of fused-ring (bicyclic) bond motifs is 1. The van der Waals surface area contributed by atoms with Crippen molar-refractivity contribution < 1.29 is 19.4 Å². The lowest BCUT2D eigenvalue weighted by Crippen LogP contribution is -2.46. The van der Waals surface area contributed by atoms with Gasteiger partial charge in [-0.2, -0.15) is 17.0 Å². The Hall–Kier alpha value is -2.24. The zero-order valence-electron chi connectivity index (χ0n) is 15.4. The number of phenolic OH excluding ortho intramolecular Hbond substituents is 1. The number of benzene rings is 1. The van der Waals surface area contributed by atoms with Crippen molar-refractivity contribution in [3.05, 3.63) is 29.3 Å². The number of rotatable bonds is 5. The summed E-state index contributed by atoms with van der Waals surface area (Å²) in [5.74, 6) is 0.506. The molecule has 0 bridgehead atoms. The van der Waals surface area contributed by atoms with Gasteiger partial charge in [0.25, 0.3) is 11.8 Å². The van der Waals surface area contributed by atoms with Gasteiger partial charge in [0.2, 0.25) is 0 Å². The van der Waals surface area contributed by atoms with Crippen LogP contribution >= 0.6 is 11.8 Å². The summed E-state index contributed by atoms with van der Waals surface area (Å²) in [6.07, 6.45) is 2.33. The monoisotopic (exact) mass is 389 g/mol. The molecule has 2 fully saturated rings. The molecule has 1 unspecified atom stereocenters. The van der Waals surface area contributed by atoms with E-state index in [9.17, 15) is 14.7 Å². The molecular weight excluding hydrogens is 366 g/mol. The van der Waals surface area contributed by atoms with Crippen LogP contribution in [-0.2, 0) is 9.53 Å². The second-order valence-corrected chi connectivity index (χ2v) is 7.83. The normalized spacial score (nSPS) is 22.4. The first-order chi connectivity index (χ1) is 13.0. The van der Waals surface area contributed by atoms with Gasteiger partial charge in [-0.3, -0.25) is 9.59 Å². The molecule has 27 heavy (non-hydrogen) atoms. The Morgan fingerprint density at radius 1 is 1.41 bits per heavy atom. The molecule has 0 spiro atoms. The van der Waals surface area contributed by atoms with Crippen molar-refractivity contribution in [1.29, 1.82) is 5.26 Å². The SMILES string of the molecule is COC(CSC)C(=O)N1CC[C@@H]2CN(C(=O)c3cc(O)cc(C#N)c3)C[C@@H]21. The smallest absolute Gasteiger partial charge is 0.254 e. The van der Waals surface area contributed by atoms with Gasteiger partial charge in [0.15, 0.2) is 0 Å². The van der Waals surface area contributed by atoms with E-state index >= 15 is 0 Å². The molecule has 1 aromatic rings. The number of likely N-dealkylation sites (tertiary alicyclic amines) is 2. The number of ether oxygens (including phenoxy) is 1. The summed E-state index contributed by atoms with van der Waals surface area (Å²) in [5.41, 5.74) is 0.538. The minimum atomic E-state index is -0.465. The Labute approximate surface area is 162 Å². The number of methoxy groups -OCH3 is 1. The zero-order chi connectivity index (χ0) is 19.6. The second-order valence-electron chi connectivity index (χ2n) is 6.92. The number of carbonyl (C=O) groups is 2. The van der Waals surface area contributed by atoms with Gasteiger partial charge < -0.3 is 19.6 Å². The first-order valence-corrected chi connectivity index (χ1v) is 10.2. The van der Waals surface area contributed by atoms with Gasteiger partial charge in [0.05, 0.1) is 17.7 Å². The molecule has 0 radical (unpaired) electrons. The standard InChI is InChI=1S/C19H23N3O4S/c1-26-17(11-27-2)19(25)22-4-3-13-9-21(10-16(13)22)18(24)14-5-12(8-20)6-15(23)7-14/h5-7,13,16-17,23H,3-4,9-11H2,1-2H3/t13-,16+,17?/m1/s1. The molecule has 2 amide bonds. The molecule has 0 aromatic heterocycles. The largest absolute Gasteiger partial charge is 0.508 e. The first-order valence-electron chi connectivity index (χ1n) is 8.84. The predicted molar refractivity (Wildman–Crippen MR) is 102 cm³/mol. The van der Waals surface area contributed by atoms with Crippen molar-refractivity contribution in [2.24, 2.45) is 5.92 Å². The lowest BCUT2D eigenvalue weighted by molar-refractivity contribution is -0.141. The summed E-state index contributed by atoms with van der Waals surface area (Å²) in [6.45, 7) is 1.72. The predicted octanol–water partition coefficient (Wildman–Crippen LogP) is 1.31. The molecule has 2 aliphatic rings. The second kappa shape index (κ2) is 8.19. The molecule has 7 nitrogen and oxygen atoms in total. The molecule has 1 N–H and O–H groups in total. The van der Waals surface area contributed by atoms with E-state index in [2.05, 4.69) is 0 Å². The molecule has 8 heteroatoms. The van der Waals surface area contributed by atoms with Gasteiger partial charge in [0, 0.05) is 44.0 Å². The molecule has 2 saturated heterocycles. The topological polar surface area (TPSA) is 93.9 Å². The summed E-state index contributed by atoms with van der Waals surface area (Å²) >= 11 is 1.57. The van der Waals surface area contributed by atoms with Gasteiger partial charge in [0.1, 0.15) is 11.9 Å². The van der Waals surface area contributed by atoms with Gasteiger partial charge in [-0.05, 0) is 30.9 Å². The number of nitriles is 1. The average Bonchev–Trinajstić information content (AvgIpc) is 3.25. The van der Waals surface area contributed by atoms with Gasteiger partial charge >= 0.3 is 0 Å². The van der Waals surface area contributed by atoms with Gasteiger partial charge in [-0.1, -0.05) is 0 Å². The van der Waals surface area contributed by atoms with Gasteiger partial charge in [-0.25, -0.2) is 0 Å². The quantitative estimate of drug-likeness (QED) is 0.816. The van der Waals surface area contributed by atoms with Crippen LogP contribution < -0.4 is 0 Å². The highest BCUT2D eigenvalue weighted by Gasteiger charge is 2.46. The van der Waals surface area contributed by atoms with E-state index in [-0.39, 0.29) is 35.1 Å². The summed E-state index contributed by atoms with van der Waals surface area (Å²) in [7, 11) is 1.55. The third-order valence-corrected chi connectivity index (χ3v) is 5.93. The number of carbonyl (C=O) groups excluding carboxylic acids is 2. The Morgan fingerprint density at radius 3 is 2.85 bits per heavy atom. The molecule has 144 valence electrons. The highest BCUT2D eigenvalue weighted by atomic mass is 32.2. The molecule has 1 aromatic carbocycles. The number of hydrogen-bond acceptors (Lipinski definition) is 6. The van der Waals surface area contributed by atoms with E-state index in [1.54, 1.807) is 23.8 Å². The molecule has 2 aliphatic heterocycles. The number of phenols is 1. The minimum Gasteiger partial charge on any atom is -0.508 e. The van der Waals surface area contributed by atoms with E-state index in [0.29, 0.717) is 31.0 Å². The maximum absolute atomic E-state index is 12.8. The number of amides is 2. The number of thioether (sulfide) groups is 1. The van der Waals surface area contributed by atoms with Crippen molar-refractivity contribution in [3.63, 3.8) is 0 Å². The van der Waals surface area contributed by atoms with E-state index in [4.69, 9.17) is 10.00 Å². The Balaban J connectivity index is 1.73. The van der Waals surface area contributed by atoms with Crippen molar-refractivity contribution in [2.45, 2.75) is 18.6 Å². The summed E-state index contributed by atoms with van der Waals surface area (Å²) < 4.78 is 5.34. The van der Waals surface area contributed by atoms with Crippen molar-refractivity contribution >= 4 is 23.6 Å². The average molecular weight is 389 g/mol. The molecule has 0 saturated carbocycles. The van der Waals surface area contributed by atoms with Crippen LogP contribution in [0, 0.1) is 17.2 Å². The van der Waals surface area contributed by atoms with E-state index in [0.717, 1.165) is 6.42 Å². The van der Waals surface area contributed by atoms with E-state index < -0.39 is 6.10 Å². The van der Waals surface area contributed by atoms with Crippen molar-refractivity contribution in [1.82, 2.24) is 9.80 Å². The van der Waals surface area contributed by atoms with E-state index in [1.165, 1.54) is 18.2 Å². The van der Waals surface area contributed by atoms with Crippen LogP contribution in [-0.4, -0.2) is 77.6 Å². The Kier molecular flexibility index (Phi) is 5.92. The lowest BCUT2D eigenvalue weighted by atomic mass is 10.1. The van der Waals surface area contributed by atoms with Crippen molar-refractivity contribution in [3.8, 4) is 11.8 Å². The fourth-order valence-corrected chi connectivity index (χ4v) is 4.54. The summed E-state index contributed by atoms with van der Waals surface area (Å²) in [6, 6.07) is 6.13. The Bertz CT molecular complexity index is 779. The first kappa shape index (κ1) is 19.5. The number of hydrogen-bond donors (Lipinski definition) is 1. The van der Waals surface area contributed by atoms with Crippen molar-refractivity contribution in [2.75, 3.05) is 38.8 Å². The Morgan fingerprint density at radius 2 is 2.19 bits per heavy atom. The van der Waals surface area contributed by atoms with Crippen LogP contribution in [0.15, 0.2) is 18.2 Å². The zero-order valence-corrected chi connectivity index (χ0v) is 16.2. The highest BCUT2D eigenvalue weighted by molar-refractivity contribution is 7.98. The molecule has 2 heterocycles. The maximum Gasteiger partial charge on any atom is 0.254 e. The van der Waals surface area contributed by atoms with Crippen LogP contribution in [0.2, 0.25) is 0 Å². The van der Waals surface area contributed by atoms with Gasteiger partial charge in [-0.15, -0.1) is 0 Å². The fourth-order valence-electron chi connectivity index (χ4n) is 3.96. The maximum atomic E-state index is 12.8. The van der Waals surface area contributed by atoms with Crippen LogP contribution in [0.25, 0.3) is 0 Å². The van der Waals surface area contributed by atoms with Crippen LogP contribution in [0.1, 0.15) is 22.3 Å². The molecule has 3 atom stereocenters. The minimum absolute atomic E-state index is 0.00583. The lowest BCUT2D eigenvalue weighted by Gasteiger charge is -2.28. The van der Waals surface area contributed by atoms with E-state index in [1.807, 2.05) is 17.2 Å². The van der Waals surface area contributed by atoms with Crippen LogP contribution in [0.4, 0.5) is 0 Å². The third kappa shape index (κ3) is 3.89. The summed E-state index contributed by atoms with van der Waals surface area (Å²) in [4.78, 5) is 29.2. The van der Waals surface area contributed by atoms with Crippen LogP contribution in [0.3, 0.4) is 0 Å².